The van der Waals surface area contributed by atoms with Crippen LogP contribution in [-0.4, -0.2) is 33.1 Å². The molecule has 2 unspecified atom stereocenters. The van der Waals surface area contributed by atoms with Crippen molar-refractivity contribution in [2.24, 2.45) is 5.92 Å². The van der Waals surface area contributed by atoms with Gasteiger partial charge in [0.25, 0.3) is 0 Å². The first-order valence-electron chi connectivity index (χ1n) is 6.65. The number of hydrogen-bond acceptors (Lipinski definition) is 4. The van der Waals surface area contributed by atoms with E-state index in [1.54, 1.807) is 16.3 Å². The number of thioether (sulfide) groups is 1. The highest BCUT2D eigenvalue weighted by molar-refractivity contribution is 7.99. The van der Waals surface area contributed by atoms with Crippen LogP contribution in [0.3, 0.4) is 0 Å². The lowest BCUT2D eigenvalue weighted by Crippen LogP contribution is -2.36. The van der Waals surface area contributed by atoms with Gasteiger partial charge in [0.1, 0.15) is 0 Å². The minimum absolute atomic E-state index is 0.122. The van der Waals surface area contributed by atoms with Crippen molar-refractivity contribution in [3.05, 3.63) is 10.5 Å². The zero-order valence-electron chi connectivity index (χ0n) is 11.7. The van der Waals surface area contributed by atoms with Gasteiger partial charge in [-0.2, -0.15) is 0 Å². The molecular weight excluding hydrogens is 248 g/mol. The van der Waals surface area contributed by atoms with Crippen LogP contribution in [0.5, 0.6) is 0 Å². The molecule has 1 aromatic rings. The van der Waals surface area contributed by atoms with Crippen molar-refractivity contribution >= 4 is 11.8 Å². The summed E-state index contributed by atoms with van der Waals surface area (Å²) in [5, 5.41) is 10.9. The quantitative estimate of drug-likeness (QED) is 0.707. The average Bonchev–Trinajstić information content (AvgIpc) is 2.74. The topological polar surface area (TPSA) is 62.7 Å². The Hall–Kier alpha value is -0.750. The van der Waals surface area contributed by atoms with Gasteiger partial charge in [-0.15, -0.1) is 5.10 Å². The van der Waals surface area contributed by atoms with Crippen molar-refractivity contribution in [2.75, 3.05) is 12.3 Å². The molecule has 0 bridgehead atoms. The number of nitrogens with one attached hydrogen (secondary N) is 2. The van der Waals surface area contributed by atoms with Gasteiger partial charge in [0.15, 0.2) is 5.16 Å². The number of nitrogens with zero attached hydrogens (tertiary/aromatic N) is 2. The minimum atomic E-state index is -0.122. The minimum Gasteiger partial charge on any atom is -0.313 e. The third-order valence-electron chi connectivity index (χ3n) is 3.23. The molecule has 0 aromatic carbocycles. The second-order valence-corrected chi connectivity index (χ2v) is 5.40. The lowest BCUT2D eigenvalue weighted by molar-refractivity contribution is 0.403. The number of H-pyrrole nitrogens is 1. The Balaban J connectivity index is 2.63. The van der Waals surface area contributed by atoms with Crippen LogP contribution in [0.1, 0.15) is 34.1 Å². The van der Waals surface area contributed by atoms with Crippen molar-refractivity contribution < 1.29 is 0 Å². The second-order valence-electron chi connectivity index (χ2n) is 4.42. The number of hydrogen-bond donors (Lipinski definition) is 2. The Morgan fingerprint density at radius 1 is 1.44 bits per heavy atom. The fraction of sp³-hybridized carbons (Fsp3) is 0.833. The molecule has 2 atom stereocenters. The molecule has 0 aliphatic heterocycles. The zero-order chi connectivity index (χ0) is 13.5. The molecule has 2 N–H and O–H groups in total. The van der Waals surface area contributed by atoms with E-state index in [0.29, 0.717) is 18.5 Å². The fourth-order valence-electron chi connectivity index (χ4n) is 1.83. The van der Waals surface area contributed by atoms with Crippen molar-refractivity contribution in [1.29, 1.82) is 0 Å². The number of aromatic amines is 1. The Kier molecular flexibility index (Phi) is 6.49. The molecule has 0 aliphatic carbocycles. The maximum Gasteiger partial charge on any atom is 0.343 e. The molecular formula is C12H24N4OS. The van der Waals surface area contributed by atoms with Crippen LogP contribution in [0.25, 0.3) is 0 Å². The molecule has 104 valence electrons. The van der Waals surface area contributed by atoms with Crippen LogP contribution >= 0.6 is 11.8 Å². The van der Waals surface area contributed by atoms with Gasteiger partial charge in [0, 0.05) is 18.3 Å². The van der Waals surface area contributed by atoms with E-state index in [4.69, 9.17) is 0 Å². The molecule has 5 nitrogen and oxygen atoms in total. The Bertz CT molecular complexity index is 401. The van der Waals surface area contributed by atoms with E-state index in [1.807, 2.05) is 6.92 Å². The summed E-state index contributed by atoms with van der Waals surface area (Å²) in [4.78, 5) is 11.4. The van der Waals surface area contributed by atoms with Gasteiger partial charge < -0.3 is 5.32 Å². The molecule has 0 fully saturated rings. The lowest BCUT2D eigenvalue weighted by atomic mass is 10.0. The van der Waals surface area contributed by atoms with E-state index in [2.05, 4.69) is 36.3 Å². The van der Waals surface area contributed by atoms with Gasteiger partial charge in [0.05, 0.1) is 0 Å². The summed E-state index contributed by atoms with van der Waals surface area (Å²) in [6.45, 7) is 10.2. The first-order chi connectivity index (χ1) is 8.63. The molecule has 1 aromatic heterocycles. The predicted molar refractivity (Wildman–Crippen MR) is 76.2 cm³/mol. The van der Waals surface area contributed by atoms with Crippen LogP contribution in [0.4, 0.5) is 0 Å². The van der Waals surface area contributed by atoms with Gasteiger partial charge in [-0.3, -0.25) is 4.57 Å². The normalized spacial score (nSPS) is 14.7. The van der Waals surface area contributed by atoms with Crippen molar-refractivity contribution in [3.63, 3.8) is 0 Å². The smallest absolute Gasteiger partial charge is 0.313 e. The van der Waals surface area contributed by atoms with E-state index in [9.17, 15) is 4.79 Å². The largest absolute Gasteiger partial charge is 0.343 e. The highest BCUT2D eigenvalue weighted by Gasteiger charge is 2.16. The van der Waals surface area contributed by atoms with Gasteiger partial charge >= 0.3 is 5.69 Å². The second kappa shape index (κ2) is 7.63. The zero-order valence-corrected chi connectivity index (χ0v) is 12.5. The SMILES string of the molecule is CCNC(CSc1n[nH]c(=O)n1CC)C(C)CC. The number of rotatable bonds is 8. The van der Waals surface area contributed by atoms with Crippen LogP contribution in [0.2, 0.25) is 0 Å². The maximum atomic E-state index is 11.4. The van der Waals surface area contributed by atoms with E-state index in [1.165, 1.54) is 0 Å². The van der Waals surface area contributed by atoms with Crippen molar-refractivity contribution in [1.82, 2.24) is 20.1 Å². The Morgan fingerprint density at radius 2 is 2.17 bits per heavy atom. The van der Waals surface area contributed by atoms with E-state index >= 15 is 0 Å². The van der Waals surface area contributed by atoms with E-state index < -0.39 is 0 Å². The summed E-state index contributed by atoms with van der Waals surface area (Å²) in [6.07, 6.45) is 1.15. The summed E-state index contributed by atoms with van der Waals surface area (Å²) in [6, 6.07) is 0.460. The van der Waals surface area contributed by atoms with Crippen LogP contribution in [-0.2, 0) is 6.54 Å². The molecule has 0 aliphatic rings. The summed E-state index contributed by atoms with van der Waals surface area (Å²) in [7, 11) is 0. The lowest BCUT2D eigenvalue weighted by Gasteiger charge is -2.23. The van der Waals surface area contributed by atoms with Crippen molar-refractivity contribution in [3.8, 4) is 0 Å². The van der Waals surface area contributed by atoms with Crippen molar-refractivity contribution in [2.45, 2.75) is 51.9 Å². The van der Waals surface area contributed by atoms with Gasteiger partial charge in [0.2, 0.25) is 0 Å². The molecule has 1 heterocycles. The molecule has 0 saturated carbocycles. The Morgan fingerprint density at radius 3 is 2.72 bits per heavy atom. The van der Waals surface area contributed by atoms with Crippen LogP contribution in [0, 0.1) is 5.92 Å². The molecule has 18 heavy (non-hydrogen) atoms. The van der Waals surface area contributed by atoms with Gasteiger partial charge in [-0.1, -0.05) is 39.0 Å². The molecule has 1 rings (SSSR count). The Labute approximate surface area is 113 Å². The number of aromatic nitrogens is 3. The highest BCUT2D eigenvalue weighted by Crippen LogP contribution is 2.19. The van der Waals surface area contributed by atoms with Crippen LogP contribution < -0.4 is 11.0 Å². The van der Waals surface area contributed by atoms with Crippen LogP contribution in [0.15, 0.2) is 9.95 Å². The summed E-state index contributed by atoms with van der Waals surface area (Å²) in [5.41, 5.74) is -0.122. The standard InChI is InChI=1S/C12H24N4OS/c1-5-9(4)10(13-6-2)8-18-12-15-14-11(17)16(12)7-3/h9-10,13H,5-8H2,1-4H3,(H,14,17). The molecule has 0 radical (unpaired) electrons. The third-order valence-corrected chi connectivity index (χ3v) is 4.32. The summed E-state index contributed by atoms with van der Waals surface area (Å²) < 4.78 is 1.67. The molecule has 0 saturated heterocycles. The first kappa shape index (κ1) is 15.3. The maximum absolute atomic E-state index is 11.4. The van der Waals surface area contributed by atoms with Gasteiger partial charge in [-0.25, -0.2) is 9.89 Å². The summed E-state index contributed by atoms with van der Waals surface area (Å²) in [5.74, 6) is 1.56. The molecule has 6 heteroatoms. The van der Waals surface area contributed by atoms with E-state index in [-0.39, 0.29) is 5.69 Å². The fourth-order valence-corrected chi connectivity index (χ4v) is 3.08. The molecule has 0 amide bonds. The monoisotopic (exact) mass is 272 g/mol. The molecule has 0 spiro atoms. The predicted octanol–water partition coefficient (Wildman–Crippen LogP) is 1.71. The first-order valence-corrected chi connectivity index (χ1v) is 7.63. The van der Waals surface area contributed by atoms with E-state index in [0.717, 1.165) is 23.9 Å². The summed E-state index contributed by atoms with van der Waals surface area (Å²) >= 11 is 1.64. The average molecular weight is 272 g/mol. The van der Waals surface area contributed by atoms with Gasteiger partial charge in [-0.05, 0) is 19.4 Å². The third kappa shape index (κ3) is 3.88. The highest BCUT2D eigenvalue weighted by atomic mass is 32.2.